The van der Waals surface area contributed by atoms with Gasteiger partial charge >= 0.3 is 0 Å². The molecule has 2 aromatic carbocycles. The van der Waals surface area contributed by atoms with Crippen LogP contribution in [0, 0.1) is 6.92 Å². The van der Waals surface area contributed by atoms with E-state index in [0.29, 0.717) is 12.8 Å². The van der Waals surface area contributed by atoms with E-state index in [2.05, 4.69) is 10.3 Å². The van der Waals surface area contributed by atoms with Gasteiger partial charge in [0.15, 0.2) is 0 Å². The van der Waals surface area contributed by atoms with Crippen molar-refractivity contribution in [3.05, 3.63) is 77.1 Å². The first-order valence-corrected chi connectivity index (χ1v) is 11.2. The Morgan fingerprint density at radius 3 is 2.42 bits per heavy atom. The molecule has 1 saturated heterocycles. The van der Waals surface area contributed by atoms with E-state index in [0.717, 1.165) is 52.1 Å². The van der Waals surface area contributed by atoms with E-state index in [1.807, 2.05) is 73.1 Å². The topological polar surface area (TPSA) is 84.2 Å². The summed E-state index contributed by atoms with van der Waals surface area (Å²) in [5, 5.41) is 12.5. The molecule has 0 radical (unpaired) electrons. The summed E-state index contributed by atoms with van der Waals surface area (Å²) in [4.78, 5) is 27.7. The average molecular weight is 436 g/mol. The minimum absolute atomic E-state index is 0.219. The van der Waals surface area contributed by atoms with Crippen LogP contribution in [0.1, 0.15) is 35.0 Å². The van der Waals surface area contributed by atoms with Crippen molar-refractivity contribution >= 4 is 22.9 Å². The highest BCUT2D eigenvalue weighted by molar-refractivity contribution is 8.15. The van der Waals surface area contributed by atoms with Crippen LogP contribution in [0.2, 0.25) is 0 Å². The summed E-state index contributed by atoms with van der Waals surface area (Å²) in [5.41, 5.74) is 4.83. The minimum atomic E-state index is -0.612. The number of aromatic nitrogens is 2. The zero-order chi connectivity index (χ0) is 22.0. The molecule has 0 spiro atoms. The molecule has 4 rings (SSSR count). The Balaban J connectivity index is 1.39. The quantitative estimate of drug-likeness (QED) is 0.587. The molecule has 0 bridgehead atoms. The van der Waals surface area contributed by atoms with E-state index in [9.17, 15) is 14.7 Å². The van der Waals surface area contributed by atoms with Gasteiger partial charge in [-0.2, -0.15) is 0 Å². The molecule has 2 atom stereocenters. The van der Waals surface area contributed by atoms with Crippen LogP contribution in [-0.4, -0.2) is 31.1 Å². The maximum Gasteiger partial charge on any atom is 0.286 e. The zero-order valence-corrected chi connectivity index (χ0v) is 18.4. The third kappa shape index (κ3) is 4.73. The molecular formula is C24H25N3O3S. The highest BCUT2D eigenvalue weighted by Gasteiger charge is 2.31. The fourth-order valence-corrected chi connectivity index (χ4v) is 4.84. The number of hydrogen-bond donors (Lipinski definition) is 2. The number of carbonyl (C=O) groups excluding carboxylic acids is 2. The largest absolute Gasteiger partial charge is 0.387 e. The normalized spacial score (nSPS) is 17.1. The SMILES string of the molecule is Cc1nc(-c2ccccc2)n(C)c1C(O)CCc1ccc(CC2SC(=O)NC2=O)cc1. The summed E-state index contributed by atoms with van der Waals surface area (Å²) in [6.45, 7) is 1.93. The molecular weight excluding hydrogens is 410 g/mol. The molecule has 2 amide bonds. The number of amides is 2. The van der Waals surface area contributed by atoms with Crippen molar-refractivity contribution in [2.24, 2.45) is 7.05 Å². The number of benzene rings is 2. The van der Waals surface area contributed by atoms with Gasteiger partial charge in [-0.05, 0) is 37.3 Å². The van der Waals surface area contributed by atoms with Gasteiger partial charge in [0.25, 0.3) is 5.24 Å². The molecule has 2 unspecified atom stereocenters. The maximum absolute atomic E-state index is 11.7. The number of imidazole rings is 1. The van der Waals surface area contributed by atoms with Crippen molar-refractivity contribution < 1.29 is 14.7 Å². The van der Waals surface area contributed by atoms with Crippen LogP contribution < -0.4 is 5.32 Å². The number of nitrogens with zero attached hydrogens (tertiary/aromatic N) is 2. The molecule has 160 valence electrons. The van der Waals surface area contributed by atoms with Crippen LogP contribution in [0.3, 0.4) is 0 Å². The van der Waals surface area contributed by atoms with Crippen LogP contribution in [0.25, 0.3) is 11.4 Å². The van der Waals surface area contributed by atoms with Crippen LogP contribution in [-0.2, 0) is 24.7 Å². The van der Waals surface area contributed by atoms with E-state index in [-0.39, 0.29) is 16.4 Å². The van der Waals surface area contributed by atoms with E-state index in [1.54, 1.807) is 0 Å². The maximum atomic E-state index is 11.7. The molecule has 3 aromatic rings. The van der Waals surface area contributed by atoms with Gasteiger partial charge in [-0.1, -0.05) is 66.4 Å². The molecule has 0 saturated carbocycles. The molecule has 1 aliphatic heterocycles. The second-order valence-corrected chi connectivity index (χ2v) is 8.96. The van der Waals surface area contributed by atoms with Gasteiger partial charge in [-0.3, -0.25) is 14.9 Å². The van der Waals surface area contributed by atoms with Crippen molar-refractivity contribution in [2.45, 2.75) is 37.5 Å². The summed E-state index contributed by atoms with van der Waals surface area (Å²) in [7, 11) is 1.94. The first kappa shape index (κ1) is 21.3. The number of aryl methyl sites for hydroxylation is 2. The van der Waals surface area contributed by atoms with Gasteiger partial charge < -0.3 is 9.67 Å². The molecule has 6 nitrogen and oxygen atoms in total. The van der Waals surface area contributed by atoms with Crippen LogP contribution in [0.15, 0.2) is 54.6 Å². The van der Waals surface area contributed by atoms with Crippen molar-refractivity contribution in [2.75, 3.05) is 0 Å². The van der Waals surface area contributed by atoms with Gasteiger partial charge in [0.05, 0.1) is 22.7 Å². The molecule has 2 heterocycles. The van der Waals surface area contributed by atoms with E-state index < -0.39 is 6.10 Å². The lowest BCUT2D eigenvalue weighted by Crippen LogP contribution is -2.25. The fourth-order valence-electron chi connectivity index (χ4n) is 3.98. The van der Waals surface area contributed by atoms with Crippen molar-refractivity contribution in [1.29, 1.82) is 0 Å². The van der Waals surface area contributed by atoms with Gasteiger partial charge in [0.2, 0.25) is 5.91 Å². The Bertz CT molecular complexity index is 1090. The number of thioether (sulfide) groups is 1. The summed E-state index contributed by atoms with van der Waals surface area (Å²) in [6, 6.07) is 18.0. The van der Waals surface area contributed by atoms with E-state index >= 15 is 0 Å². The van der Waals surface area contributed by atoms with Crippen molar-refractivity contribution in [1.82, 2.24) is 14.9 Å². The monoisotopic (exact) mass is 435 g/mol. The average Bonchev–Trinajstić information content (AvgIpc) is 3.24. The van der Waals surface area contributed by atoms with Gasteiger partial charge in [0.1, 0.15) is 5.82 Å². The minimum Gasteiger partial charge on any atom is -0.387 e. The Labute approximate surface area is 185 Å². The standard InChI is InChI=1S/C24H25N3O3S/c1-15-21(27(2)22(25-15)18-6-4-3-5-7-18)19(28)13-12-16-8-10-17(11-9-16)14-20-23(29)26-24(30)31-20/h3-11,19-20,28H,12-14H2,1-2H3,(H,26,29,30). The summed E-state index contributed by atoms with van der Waals surface area (Å²) < 4.78 is 1.98. The number of nitrogens with one attached hydrogen (secondary N) is 1. The number of aliphatic hydroxyl groups is 1. The second-order valence-electron chi connectivity index (χ2n) is 7.79. The molecule has 31 heavy (non-hydrogen) atoms. The van der Waals surface area contributed by atoms with Gasteiger partial charge in [0, 0.05) is 12.6 Å². The highest BCUT2D eigenvalue weighted by Crippen LogP contribution is 2.28. The number of hydrogen-bond acceptors (Lipinski definition) is 5. The molecule has 0 aliphatic carbocycles. The van der Waals surface area contributed by atoms with Gasteiger partial charge in [-0.25, -0.2) is 4.98 Å². The number of aliphatic hydroxyl groups excluding tert-OH is 1. The number of rotatable bonds is 7. The first-order chi connectivity index (χ1) is 14.9. The summed E-state index contributed by atoms with van der Waals surface area (Å²) in [5.74, 6) is 0.632. The van der Waals surface area contributed by atoms with E-state index in [4.69, 9.17) is 0 Å². The predicted molar refractivity (Wildman–Crippen MR) is 122 cm³/mol. The van der Waals surface area contributed by atoms with Crippen LogP contribution >= 0.6 is 11.8 Å². The Kier molecular flexibility index (Phi) is 6.25. The zero-order valence-electron chi connectivity index (χ0n) is 17.5. The lowest BCUT2D eigenvalue weighted by Gasteiger charge is -2.14. The Morgan fingerprint density at radius 1 is 1.10 bits per heavy atom. The number of carbonyl (C=O) groups is 2. The molecule has 1 fully saturated rings. The fraction of sp³-hybridized carbons (Fsp3) is 0.292. The molecule has 2 N–H and O–H groups in total. The molecule has 1 aromatic heterocycles. The lowest BCUT2D eigenvalue weighted by molar-refractivity contribution is -0.118. The molecule has 1 aliphatic rings. The highest BCUT2D eigenvalue weighted by atomic mass is 32.2. The first-order valence-electron chi connectivity index (χ1n) is 10.3. The van der Waals surface area contributed by atoms with Crippen LogP contribution in [0.5, 0.6) is 0 Å². The van der Waals surface area contributed by atoms with Gasteiger partial charge in [-0.15, -0.1) is 0 Å². The molecule has 7 heteroatoms. The Hall–Kier alpha value is -2.90. The van der Waals surface area contributed by atoms with Crippen LogP contribution in [0.4, 0.5) is 4.79 Å². The van der Waals surface area contributed by atoms with Crippen molar-refractivity contribution in [3.8, 4) is 11.4 Å². The van der Waals surface area contributed by atoms with E-state index in [1.165, 1.54) is 0 Å². The lowest BCUT2D eigenvalue weighted by atomic mass is 10.0. The summed E-state index contributed by atoms with van der Waals surface area (Å²) in [6.07, 6.45) is 1.23. The second kappa shape index (κ2) is 9.08. The van der Waals surface area contributed by atoms with Crippen molar-refractivity contribution in [3.63, 3.8) is 0 Å². The third-order valence-corrected chi connectivity index (χ3v) is 6.57. The third-order valence-electron chi connectivity index (χ3n) is 5.59. The summed E-state index contributed by atoms with van der Waals surface area (Å²) >= 11 is 1.05. The smallest absolute Gasteiger partial charge is 0.286 e. The Morgan fingerprint density at radius 2 is 1.77 bits per heavy atom. The predicted octanol–water partition coefficient (Wildman–Crippen LogP) is 3.96. The number of imide groups is 1.